The Morgan fingerprint density at radius 3 is 2.74 bits per heavy atom. The minimum Gasteiger partial charge on any atom is -0.348 e. The van der Waals surface area contributed by atoms with Crippen LogP contribution in [-0.4, -0.2) is 22.5 Å². The average molecular weight is 265 g/mol. The Morgan fingerprint density at radius 2 is 2.16 bits per heavy atom. The van der Waals surface area contributed by atoms with Gasteiger partial charge in [0.1, 0.15) is 0 Å². The van der Waals surface area contributed by atoms with Crippen LogP contribution in [-0.2, 0) is 0 Å². The summed E-state index contributed by atoms with van der Waals surface area (Å²) < 4.78 is 0. The zero-order valence-corrected chi connectivity index (χ0v) is 12.0. The van der Waals surface area contributed by atoms with E-state index in [1.54, 1.807) is 12.3 Å². The molecule has 1 rings (SSSR count). The molecule has 0 aliphatic rings. The van der Waals surface area contributed by atoms with E-state index in [-0.39, 0.29) is 16.7 Å². The zero-order valence-electron chi connectivity index (χ0n) is 12.0. The monoisotopic (exact) mass is 265 g/mol. The van der Waals surface area contributed by atoms with E-state index in [0.717, 1.165) is 32.2 Å². The molecule has 19 heavy (non-hydrogen) atoms. The molecule has 5 heteroatoms. The van der Waals surface area contributed by atoms with Crippen molar-refractivity contribution in [1.82, 2.24) is 4.98 Å². The molecule has 0 spiro atoms. The maximum atomic E-state index is 11.1. The van der Waals surface area contributed by atoms with E-state index >= 15 is 0 Å². The Morgan fingerprint density at radius 1 is 1.42 bits per heavy atom. The molecule has 1 heterocycles. The van der Waals surface area contributed by atoms with Crippen molar-refractivity contribution < 1.29 is 4.92 Å². The summed E-state index contributed by atoms with van der Waals surface area (Å²) in [6, 6.07) is 3.41. The molecule has 5 nitrogen and oxygen atoms in total. The van der Waals surface area contributed by atoms with Gasteiger partial charge in [-0.25, -0.2) is 4.98 Å². The van der Waals surface area contributed by atoms with Crippen LogP contribution in [0.2, 0.25) is 0 Å². The molecule has 0 N–H and O–H groups in total. The molecular formula is C14H23N3O2. The van der Waals surface area contributed by atoms with Gasteiger partial charge in [-0.3, -0.25) is 10.1 Å². The van der Waals surface area contributed by atoms with Crippen molar-refractivity contribution in [2.24, 2.45) is 0 Å². The molecule has 0 aliphatic carbocycles. The van der Waals surface area contributed by atoms with Crippen molar-refractivity contribution >= 4 is 11.5 Å². The predicted molar refractivity (Wildman–Crippen MR) is 77.5 cm³/mol. The third-order valence-electron chi connectivity index (χ3n) is 3.23. The smallest absolute Gasteiger partial charge is 0.311 e. The molecule has 0 bridgehead atoms. The molecule has 106 valence electrons. The summed E-state index contributed by atoms with van der Waals surface area (Å²) >= 11 is 0. The lowest BCUT2D eigenvalue weighted by atomic mass is 10.1. The van der Waals surface area contributed by atoms with Gasteiger partial charge in [-0.15, -0.1) is 0 Å². The van der Waals surface area contributed by atoms with Crippen LogP contribution in [0.5, 0.6) is 0 Å². The van der Waals surface area contributed by atoms with Gasteiger partial charge < -0.3 is 4.90 Å². The molecule has 1 atom stereocenters. The van der Waals surface area contributed by atoms with Gasteiger partial charge in [0.15, 0.2) is 0 Å². The topological polar surface area (TPSA) is 59.3 Å². The van der Waals surface area contributed by atoms with Crippen LogP contribution < -0.4 is 4.90 Å². The largest absolute Gasteiger partial charge is 0.348 e. The molecule has 0 aromatic carbocycles. The second-order valence-electron chi connectivity index (χ2n) is 4.79. The van der Waals surface area contributed by atoms with E-state index in [0.29, 0.717) is 5.82 Å². The summed E-state index contributed by atoms with van der Waals surface area (Å²) in [4.78, 5) is 17.1. The highest BCUT2D eigenvalue weighted by Crippen LogP contribution is 2.27. The first-order valence-corrected chi connectivity index (χ1v) is 6.97. The molecule has 0 aliphatic heterocycles. The van der Waals surface area contributed by atoms with Gasteiger partial charge in [-0.05, 0) is 25.8 Å². The number of hydrogen-bond acceptors (Lipinski definition) is 4. The van der Waals surface area contributed by atoms with Crippen molar-refractivity contribution in [2.45, 2.75) is 52.5 Å². The first-order chi connectivity index (χ1) is 9.11. The lowest BCUT2D eigenvalue weighted by Crippen LogP contribution is -2.35. The van der Waals surface area contributed by atoms with E-state index in [2.05, 4.69) is 30.7 Å². The van der Waals surface area contributed by atoms with Gasteiger partial charge in [0.25, 0.3) is 0 Å². The third kappa shape index (κ3) is 4.19. The number of nitrogens with zero attached hydrogens (tertiary/aromatic N) is 3. The van der Waals surface area contributed by atoms with E-state index in [1.807, 2.05) is 0 Å². The first kappa shape index (κ1) is 15.4. The molecule has 0 saturated heterocycles. The Kier molecular flexibility index (Phi) is 6.25. The summed E-state index contributed by atoms with van der Waals surface area (Å²) in [5.41, 5.74) is 0.0987. The number of pyridine rings is 1. The van der Waals surface area contributed by atoms with Gasteiger partial charge in [0, 0.05) is 24.8 Å². The molecule has 0 amide bonds. The van der Waals surface area contributed by atoms with Crippen LogP contribution in [0.15, 0.2) is 18.3 Å². The Bertz CT molecular complexity index is 409. The van der Waals surface area contributed by atoms with E-state index < -0.39 is 0 Å². The highest BCUT2D eigenvalue weighted by Gasteiger charge is 2.23. The van der Waals surface area contributed by atoms with Crippen LogP contribution in [0.25, 0.3) is 0 Å². The van der Waals surface area contributed by atoms with Crippen molar-refractivity contribution in [3.8, 4) is 0 Å². The average Bonchev–Trinajstić information content (AvgIpc) is 2.40. The van der Waals surface area contributed by atoms with Crippen LogP contribution >= 0.6 is 0 Å². The first-order valence-electron chi connectivity index (χ1n) is 6.97. The third-order valence-corrected chi connectivity index (χ3v) is 3.23. The number of nitro groups is 1. The number of hydrogen-bond donors (Lipinski definition) is 0. The molecule has 0 fully saturated rings. The normalized spacial score (nSPS) is 12.2. The van der Waals surface area contributed by atoms with E-state index in [4.69, 9.17) is 0 Å². The van der Waals surface area contributed by atoms with Gasteiger partial charge in [0.05, 0.1) is 4.92 Å². The number of anilines is 1. The van der Waals surface area contributed by atoms with Gasteiger partial charge in [-0.2, -0.15) is 0 Å². The zero-order chi connectivity index (χ0) is 14.3. The van der Waals surface area contributed by atoms with E-state index in [9.17, 15) is 10.1 Å². The van der Waals surface area contributed by atoms with Crippen LogP contribution in [0, 0.1) is 10.1 Å². The fraction of sp³-hybridized carbons (Fsp3) is 0.643. The molecule has 1 aromatic heterocycles. The predicted octanol–water partition coefficient (Wildman–Crippen LogP) is 3.78. The second-order valence-corrected chi connectivity index (χ2v) is 4.79. The SMILES string of the molecule is CCCCN(c1ncccc1[N+](=O)[O-])C(C)CCC. The summed E-state index contributed by atoms with van der Waals surface area (Å²) in [7, 11) is 0. The van der Waals surface area contributed by atoms with Crippen molar-refractivity contribution in [3.63, 3.8) is 0 Å². The van der Waals surface area contributed by atoms with Crippen molar-refractivity contribution in [1.29, 1.82) is 0 Å². The summed E-state index contributed by atoms with van der Waals surface area (Å²) in [5.74, 6) is 0.502. The lowest BCUT2D eigenvalue weighted by Gasteiger charge is -2.29. The molecular weight excluding hydrogens is 242 g/mol. The summed E-state index contributed by atoms with van der Waals surface area (Å²) in [6.07, 6.45) is 5.78. The van der Waals surface area contributed by atoms with E-state index in [1.165, 1.54) is 6.07 Å². The fourth-order valence-corrected chi connectivity index (χ4v) is 2.19. The van der Waals surface area contributed by atoms with Crippen LogP contribution in [0.1, 0.15) is 46.5 Å². The maximum absolute atomic E-state index is 11.1. The van der Waals surface area contributed by atoms with Gasteiger partial charge in [-0.1, -0.05) is 26.7 Å². The number of rotatable bonds is 8. The van der Waals surface area contributed by atoms with Crippen molar-refractivity contribution in [3.05, 3.63) is 28.4 Å². The standard InChI is InChI=1S/C14H23N3O2/c1-4-6-11-16(12(3)8-5-2)14-13(17(18)19)9-7-10-15-14/h7,9-10,12H,4-6,8,11H2,1-3H3. The quantitative estimate of drug-likeness (QED) is 0.530. The minimum atomic E-state index is -0.347. The Labute approximate surface area is 114 Å². The Hall–Kier alpha value is -1.65. The molecule has 0 radical (unpaired) electrons. The summed E-state index contributed by atoms with van der Waals surface area (Å²) in [5, 5.41) is 11.1. The fourth-order valence-electron chi connectivity index (χ4n) is 2.19. The second kappa shape index (κ2) is 7.71. The maximum Gasteiger partial charge on any atom is 0.311 e. The highest BCUT2D eigenvalue weighted by molar-refractivity contribution is 5.57. The Balaban J connectivity index is 3.05. The summed E-state index contributed by atoms with van der Waals surface area (Å²) in [6.45, 7) is 7.17. The van der Waals surface area contributed by atoms with Gasteiger partial charge >= 0.3 is 5.69 Å². The molecule has 0 saturated carbocycles. The lowest BCUT2D eigenvalue weighted by molar-refractivity contribution is -0.384. The minimum absolute atomic E-state index is 0.0987. The molecule has 1 unspecified atom stereocenters. The van der Waals surface area contributed by atoms with Gasteiger partial charge in [0.2, 0.25) is 5.82 Å². The number of unbranched alkanes of at least 4 members (excludes halogenated alkanes) is 1. The van der Waals surface area contributed by atoms with Crippen LogP contribution in [0.4, 0.5) is 11.5 Å². The number of aromatic nitrogens is 1. The highest BCUT2D eigenvalue weighted by atomic mass is 16.6. The molecule has 1 aromatic rings. The van der Waals surface area contributed by atoms with Crippen LogP contribution in [0.3, 0.4) is 0 Å². The van der Waals surface area contributed by atoms with Crippen molar-refractivity contribution in [2.75, 3.05) is 11.4 Å².